The predicted octanol–water partition coefficient (Wildman–Crippen LogP) is 4.28. The van der Waals surface area contributed by atoms with E-state index in [2.05, 4.69) is 24.0 Å². The third kappa shape index (κ3) is 1.72. The monoisotopic (exact) mass is 225 g/mol. The summed E-state index contributed by atoms with van der Waals surface area (Å²) in [6.45, 7) is 2.05. The van der Waals surface area contributed by atoms with Crippen LogP contribution in [0.5, 0.6) is 0 Å². The van der Waals surface area contributed by atoms with Crippen molar-refractivity contribution in [2.45, 2.75) is 6.92 Å². The van der Waals surface area contributed by atoms with E-state index in [9.17, 15) is 4.39 Å². The molecule has 0 atom stereocenters. The van der Waals surface area contributed by atoms with Crippen molar-refractivity contribution in [1.29, 1.82) is 0 Å². The van der Waals surface area contributed by atoms with Gasteiger partial charge in [0, 0.05) is 11.1 Å². The fourth-order valence-corrected chi connectivity index (χ4v) is 2.01. The van der Waals surface area contributed by atoms with Crippen molar-refractivity contribution >= 4 is 10.9 Å². The summed E-state index contributed by atoms with van der Waals surface area (Å²) in [6, 6.07) is 15.3. The first kappa shape index (κ1) is 10.1. The highest BCUT2D eigenvalue weighted by Crippen LogP contribution is 2.25. The quantitative estimate of drug-likeness (QED) is 0.636. The Balaban J connectivity index is 2.18. The number of halogens is 1. The normalized spacial score (nSPS) is 10.9. The highest BCUT2D eigenvalue weighted by molar-refractivity contribution is 5.86. The molecule has 0 aliphatic heterocycles. The molecule has 1 aromatic heterocycles. The lowest BCUT2D eigenvalue weighted by atomic mass is 10.1. The van der Waals surface area contributed by atoms with Gasteiger partial charge in [0.05, 0.1) is 5.52 Å². The van der Waals surface area contributed by atoms with Crippen LogP contribution in [0.25, 0.3) is 22.2 Å². The van der Waals surface area contributed by atoms with Crippen molar-refractivity contribution in [2.24, 2.45) is 0 Å². The molecule has 17 heavy (non-hydrogen) atoms. The summed E-state index contributed by atoms with van der Waals surface area (Å²) in [4.78, 5) is 3.12. The van der Waals surface area contributed by atoms with Crippen molar-refractivity contribution in [1.82, 2.24) is 4.98 Å². The summed E-state index contributed by atoms with van der Waals surface area (Å²) >= 11 is 0. The smallest absolute Gasteiger partial charge is 0.147 e. The summed E-state index contributed by atoms with van der Waals surface area (Å²) in [7, 11) is 0. The number of hydrogen-bond acceptors (Lipinski definition) is 0. The zero-order valence-corrected chi connectivity index (χ0v) is 9.50. The molecule has 2 heteroatoms. The first-order valence-corrected chi connectivity index (χ1v) is 5.58. The lowest BCUT2D eigenvalue weighted by Gasteiger charge is -1.98. The van der Waals surface area contributed by atoms with Gasteiger partial charge in [0.15, 0.2) is 0 Å². The van der Waals surface area contributed by atoms with E-state index in [1.54, 1.807) is 6.07 Å². The van der Waals surface area contributed by atoms with Gasteiger partial charge in [-0.3, -0.25) is 0 Å². The van der Waals surface area contributed by atoms with Crippen molar-refractivity contribution < 1.29 is 4.39 Å². The molecular weight excluding hydrogens is 213 g/mol. The number of fused-ring (bicyclic) bond motifs is 1. The molecule has 0 unspecified atom stereocenters. The lowest BCUT2D eigenvalue weighted by Crippen LogP contribution is -1.79. The second-order valence-electron chi connectivity index (χ2n) is 4.25. The molecule has 0 radical (unpaired) electrons. The Labute approximate surface area is 98.9 Å². The van der Waals surface area contributed by atoms with E-state index in [4.69, 9.17) is 0 Å². The molecule has 1 nitrogen and oxygen atoms in total. The molecule has 0 spiro atoms. The molecule has 0 saturated carbocycles. The van der Waals surface area contributed by atoms with Gasteiger partial charge >= 0.3 is 0 Å². The average Bonchev–Trinajstić information content (AvgIpc) is 2.75. The minimum atomic E-state index is -0.208. The Morgan fingerprint density at radius 3 is 2.47 bits per heavy atom. The van der Waals surface area contributed by atoms with E-state index < -0.39 is 0 Å². The topological polar surface area (TPSA) is 15.8 Å². The van der Waals surface area contributed by atoms with Gasteiger partial charge in [-0.1, -0.05) is 42.0 Å². The van der Waals surface area contributed by atoms with E-state index >= 15 is 0 Å². The van der Waals surface area contributed by atoms with Gasteiger partial charge in [0.1, 0.15) is 5.82 Å². The van der Waals surface area contributed by atoms with E-state index in [1.807, 2.05) is 24.3 Å². The van der Waals surface area contributed by atoms with Crippen LogP contribution >= 0.6 is 0 Å². The second-order valence-corrected chi connectivity index (χ2v) is 4.25. The Morgan fingerprint density at radius 1 is 1.00 bits per heavy atom. The van der Waals surface area contributed by atoms with Crippen LogP contribution in [-0.2, 0) is 0 Å². The SMILES string of the molecule is Cc1ccc(-c2cc3cccc(F)c3[nH]2)cc1. The van der Waals surface area contributed by atoms with E-state index in [0.29, 0.717) is 5.52 Å². The molecule has 1 heterocycles. The summed E-state index contributed by atoms with van der Waals surface area (Å²) in [5.41, 5.74) is 3.82. The van der Waals surface area contributed by atoms with Crippen LogP contribution in [0.3, 0.4) is 0 Å². The number of aromatic nitrogens is 1. The summed E-state index contributed by atoms with van der Waals surface area (Å²) in [5, 5.41) is 0.903. The van der Waals surface area contributed by atoms with Crippen LogP contribution < -0.4 is 0 Å². The molecule has 0 fully saturated rings. The molecule has 84 valence electrons. The Bertz CT molecular complexity index is 665. The van der Waals surface area contributed by atoms with Gasteiger partial charge in [-0.2, -0.15) is 0 Å². The number of H-pyrrole nitrogens is 1. The zero-order valence-electron chi connectivity index (χ0n) is 9.50. The third-order valence-electron chi connectivity index (χ3n) is 2.97. The largest absolute Gasteiger partial charge is 0.352 e. The lowest BCUT2D eigenvalue weighted by molar-refractivity contribution is 0.637. The van der Waals surface area contributed by atoms with Gasteiger partial charge in [-0.25, -0.2) is 4.39 Å². The molecule has 2 aromatic carbocycles. The van der Waals surface area contributed by atoms with E-state index in [0.717, 1.165) is 16.6 Å². The maximum Gasteiger partial charge on any atom is 0.147 e. The molecule has 3 aromatic rings. The van der Waals surface area contributed by atoms with Crippen molar-refractivity contribution in [3.8, 4) is 11.3 Å². The van der Waals surface area contributed by atoms with Gasteiger partial charge in [0.25, 0.3) is 0 Å². The molecule has 1 N–H and O–H groups in total. The maximum atomic E-state index is 13.5. The third-order valence-corrected chi connectivity index (χ3v) is 2.97. The number of benzene rings is 2. The van der Waals surface area contributed by atoms with E-state index in [-0.39, 0.29) is 5.82 Å². The highest BCUT2D eigenvalue weighted by Gasteiger charge is 2.06. The highest BCUT2D eigenvalue weighted by atomic mass is 19.1. The van der Waals surface area contributed by atoms with Crippen LogP contribution in [0, 0.1) is 12.7 Å². The van der Waals surface area contributed by atoms with Crippen molar-refractivity contribution in [2.75, 3.05) is 0 Å². The number of hydrogen-bond donors (Lipinski definition) is 1. The zero-order chi connectivity index (χ0) is 11.8. The van der Waals surface area contributed by atoms with Crippen molar-refractivity contribution in [3.05, 3.63) is 59.9 Å². The van der Waals surface area contributed by atoms with Gasteiger partial charge < -0.3 is 4.98 Å². The number of nitrogens with one attached hydrogen (secondary N) is 1. The standard InChI is InChI=1S/C15H12FN/c1-10-5-7-11(8-6-10)14-9-12-3-2-4-13(16)15(12)17-14/h2-9,17H,1H3. The summed E-state index contributed by atoms with van der Waals surface area (Å²) < 4.78 is 13.5. The predicted molar refractivity (Wildman–Crippen MR) is 68.4 cm³/mol. The molecule has 0 bridgehead atoms. The molecule has 0 aliphatic carbocycles. The van der Waals surface area contributed by atoms with Gasteiger partial charge in [-0.05, 0) is 24.6 Å². The summed E-state index contributed by atoms with van der Waals surface area (Å²) in [6.07, 6.45) is 0. The Kier molecular flexibility index (Phi) is 2.22. The second kappa shape index (κ2) is 3.74. The van der Waals surface area contributed by atoms with Crippen LogP contribution in [0.1, 0.15) is 5.56 Å². The molecule has 0 saturated heterocycles. The number of para-hydroxylation sites is 1. The molecule has 0 amide bonds. The number of aromatic amines is 1. The molecular formula is C15H12FN. The van der Waals surface area contributed by atoms with Gasteiger partial charge in [-0.15, -0.1) is 0 Å². The first-order chi connectivity index (χ1) is 8.24. The fourth-order valence-electron chi connectivity index (χ4n) is 2.01. The first-order valence-electron chi connectivity index (χ1n) is 5.58. The minimum Gasteiger partial charge on any atom is -0.352 e. The Morgan fingerprint density at radius 2 is 1.76 bits per heavy atom. The van der Waals surface area contributed by atoms with Gasteiger partial charge in [0.2, 0.25) is 0 Å². The van der Waals surface area contributed by atoms with Crippen molar-refractivity contribution in [3.63, 3.8) is 0 Å². The van der Waals surface area contributed by atoms with Crippen LogP contribution in [-0.4, -0.2) is 4.98 Å². The summed E-state index contributed by atoms with van der Waals surface area (Å²) in [5.74, 6) is -0.208. The van der Waals surface area contributed by atoms with E-state index in [1.165, 1.54) is 11.6 Å². The number of aryl methyl sites for hydroxylation is 1. The molecule has 0 aliphatic rings. The maximum absolute atomic E-state index is 13.5. The van der Waals surface area contributed by atoms with Crippen LogP contribution in [0.2, 0.25) is 0 Å². The Hall–Kier alpha value is -2.09. The minimum absolute atomic E-state index is 0.208. The fraction of sp³-hybridized carbons (Fsp3) is 0.0667. The van der Waals surface area contributed by atoms with Crippen LogP contribution in [0.15, 0.2) is 48.5 Å². The van der Waals surface area contributed by atoms with Crippen LogP contribution in [0.4, 0.5) is 4.39 Å². The molecule has 3 rings (SSSR count). The number of rotatable bonds is 1. The average molecular weight is 225 g/mol.